The molecule has 2 aliphatic rings. The number of ether oxygens (including phenoxy) is 3. The number of aliphatic hydroxyl groups is 1. The lowest BCUT2D eigenvalue weighted by Gasteiger charge is -2.26. The Kier molecular flexibility index (Phi) is 4.76. The van der Waals surface area contributed by atoms with E-state index >= 15 is 0 Å². The van der Waals surface area contributed by atoms with Crippen LogP contribution in [0.3, 0.4) is 0 Å². The first kappa shape index (κ1) is 16.2. The fourth-order valence-electron chi connectivity index (χ4n) is 3.45. The summed E-state index contributed by atoms with van der Waals surface area (Å²) in [6.07, 6.45) is 5.53. The summed E-state index contributed by atoms with van der Waals surface area (Å²) in [6, 6.07) is 7.81. The zero-order valence-corrected chi connectivity index (χ0v) is 14.1. The van der Waals surface area contributed by atoms with Crippen molar-refractivity contribution in [2.45, 2.75) is 31.5 Å². The molecular formula is C18H23N3O4. The van der Waals surface area contributed by atoms with Crippen molar-refractivity contribution in [1.29, 1.82) is 0 Å². The average molecular weight is 345 g/mol. The fraction of sp³-hybridized carbons (Fsp3) is 0.500. The quantitative estimate of drug-likeness (QED) is 0.820. The molecule has 0 spiro atoms. The molecule has 4 rings (SSSR count). The number of aliphatic hydroxyl groups excluding tert-OH is 1. The van der Waals surface area contributed by atoms with Gasteiger partial charge in [0.05, 0.1) is 6.54 Å². The number of aromatic nitrogens is 2. The van der Waals surface area contributed by atoms with Gasteiger partial charge in [-0.05, 0) is 37.6 Å². The van der Waals surface area contributed by atoms with Crippen molar-refractivity contribution in [2.24, 2.45) is 0 Å². The van der Waals surface area contributed by atoms with Crippen molar-refractivity contribution in [1.82, 2.24) is 14.7 Å². The summed E-state index contributed by atoms with van der Waals surface area (Å²) in [7, 11) is 0. The third kappa shape index (κ3) is 3.88. The topological polar surface area (TPSA) is 69.0 Å². The highest BCUT2D eigenvalue weighted by Gasteiger charge is 2.27. The largest absolute Gasteiger partial charge is 0.491 e. The van der Waals surface area contributed by atoms with E-state index in [1.165, 1.54) is 0 Å². The normalized spacial score (nSPS) is 20.8. The predicted octanol–water partition coefficient (Wildman–Crippen LogP) is 1.52. The lowest BCUT2D eigenvalue weighted by atomic mass is 10.2. The summed E-state index contributed by atoms with van der Waals surface area (Å²) in [5.41, 5.74) is 0. The third-order valence-electron chi connectivity index (χ3n) is 4.69. The Morgan fingerprint density at radius 2 is 2.24 bits per heavy atom. The van der Waals surface area contributed by atoms with Crippen molar-refractivity contribution in [2.75, 3.05) is 26.5 Å². The van der Waals surface area contributed by atoms with E-state index in [4.69, 9.17) is 14.2 Å². The zero-order valence-electron chi connectivity index (χ0n) is 14.1. The van der Waals surface area contributed by atoms with Gasteiger partial charge in [-0.25, -0.2) is 0 Å². The fourth-order valence-corrected chi connectivity index (χ4v) is 3.45. The minimum absolute atomic E-state index is 0.244. The molecule has 2 aromatic rings. The highest BCUT2D eigenvalue weighted by Crippen LogP contribution is 2.35. The van der Waals surface area contributed by atoms with Crippen molar-refractivity contribution >= 4 is 0 Å². The molecule has 1 fully saturated rings. The van der Waals surface area contributed by atoms with E-state index in [1.54, 1.807) is 12.3 Å². The van der Waals surface area contributed by atoms with Crippen LogP contribution in [0.1, 0.15) is 12.8 Å². The van der Waals surface area contributed by atoms with Gasteiger partial charge in [-0.15, -0.1) is 0 Å². The molecular weight excluding hydrogens is 322 g/mol. The van der Waals surface area contributed by atoms with E-state index in [1.807, 2.05) is 29.1 Å². The van der Waals surface area contributed by atoms with Gasteiger partial charge >= 0.3 is 0 Å². The zero-order chi connectivity index (χ0) is 17.1. The maximum Gasteiger partial charge on any atom is 0.231 e. The Balaban J connectivity index is 1.27. The molecule has 1 N–H and O–H groups in total. The van der Waals surface area contributed by atoms with E-state index in [0.717, 1.165) is 31.7 Å². The van der Waals surface area contributed by atoms with Gasteiger partial charge in [0.15, 0.2) is 11.5 Å². The molecule has 0 bridgehead atoms. The molecule has 1 aromatic carbocycles. The van der Waals surface area contributed by atoms with Gasteiger partial charge in [-0.2, -0.15) is 5.10 Å². The molecule has 2 atom stereocenters. The van der Waals surface area contributed by atoms with Crippen molar-refractivity contribution in [3.63, 3.8) is 0 Å². The van der Waals surface area contributed by atoms with E-state index in [-0.39, 0.29) is 13.4 Å². The summed E-state index contributed by atoms with van der Waals surface area (Å²) < 4.78 is 18.3. The Labute approximate surface area is 146 Å². The van der Waals surface area contributed by atoms with Crippen molar-refractivity contribution in [3.05, 3.63) is 36.7 Å². The molecule has 0 aliphatic carbocycles. The number of benzene rings is 1. The first-order valence-corrected chi connectivity index (χ1v) is 8.70. The van der Waals surface area contributed by atoms with Crippen LogP contribution in [-0.4, -0.2) is 58.4 Å². The number of hydrogen-bond donors (Lipinski definition) is 1. The average Bonchev–Trinajstić information content (AvgIpc) is 3.35. The highest BCUT2D eigenvalue weighted by molar-refractivity contribution is 5.46. The molecule has 3 heterocycles. The second kappa shape index (κ2) is 7.33. The summed E-state index contributed by atoms with van der Waals surface area (Å²) >= 11 is 0. The lowest BCUT2D eigenvalue weighted by molar-refractivity contribution is 0.0609. The number of likely N-dealkylation sites (tertiary alicyclic amines) is 1. The number of fused-ring (bicyclic) bond motifs is 1. The van der Waals surface area contributed by atoms with Gasteiger partial charge in [0, 0.05) is 31.0 Å². The van der Waals surface area contributed by atoms with Crippen LogP contribution >= 0.6 is 0 Å². The van der Waals surface area contributed by atoms with E-state index in [2.05, 4.69) is 10.00 Å². The van der Waals surface area contributed by atoms with E-state index in [9.17, 15) is 5.11 Å². The first-order valence-electron chi connectivity index (χ1n) is 8.70. The Bertz CT molecular complexity index is 692. The number of nitrogens with zero attached hydrogens (tertiary/aromatic N) is 3. The summed E-state index contributed by atoms with van der Waals surface area (Å²) in [5.74, 6) is 2.09. The molecule has 2 unspecified atom stereocenters. The van der Waals surface area contributed by atoms with Crippen LogP contribution in [0.25, 0.3) is 0 Å². The molecule has 1 saturated heterocycles. The van der Waals surface area contributed by atoms with E-state index in [0.29, 0.717) is 24.1 Å². The predicted molar refractivity (Wildman–Crippen MR) is 90.9 cm³/mol. The molecule has 1 aromatic heterocycles. The Morgan fingerprint density at radius 1 is 1.32 bits per heavy atom. The molecule has 7 nitrogen and oxygen atoms in total. The summed E-state index contributed by atoms with van der Waals surface area (Å²) in [4.78, 5) is 2.33. The SMILES string of the molecule is OC(COc1ccc2c(c1)OCO2)CN1CCCC1Cn1cccn1. The third-order valence-corrected chi connectivity index (χ3v) is 4.69. The molecule has 0 saturated carbocycles. The molecule has 25 heavy (non-hydrogen) atoms. The number of rotatable bonds is 7. The summed E-state index contributed by atoms with van der Waals surface area (Å²) in [5, 5.41) is 14.6. The van der Waals surface area contributed by atoms with Crippen LogP contribution in [-0.2, 0) is 6.54 Å². The maximum atomic E-state index is 10.4. The smallest absolute Gasteiger partial charge is 0.231 e. The highest BCUT2D eigenvalue weighted by atomic mass is 16.7. The molecule has 7 heteroatoms. The van der Waals surface area contributed by atoms with E-state index < -0.39 is 6.10 Å². The first-order chi connectivity index (χ1) is 12.3. The monoisotopic (exact) mass is 345 g/mol. The van der Waals surface area contributed by atoms with Crippen LogP contribution in [0, 0.1) is 0 Å². The minimum atomic E-state index is -0.538. The van der Waals surface area contributed by atoms with Crippen LogP contribution < -0.4 is 14.2 Å². The van der Waals surface area contributed by atoms with Crippen LogP contribution in [0.15, 0.2) is 36.7 Å². The van der Waals surface area contributed by atoms with Gasteiger partial charge in [0.25, 0.3) is 0 Å². The van der Waals surface area contributed by atoms with Gasteiger partial charge in [-0.3, -0.25) is 9.58 Å². The van der Waals surface area contributed by atoms with Crippen LogP contribution in [0.4, 0.5) is 0 Å². The molecule has 2 aliphatic heterocycles. The standard InChI is InChI=1S/C18H23N3O4/c22-15(12-23-16-4-5-17-18(9-16)25-13-24-17)11-20-7-1-3-14(20)10-21-8-2-6-19-21/h2,4-6,8-9,14-15,22H,1,3,7,10-13H2. The molecule has 0 amide bonds. The Hall–Kier alpha value is -2.25. The second-order valence-electron chi connectivity index (χ2n) is 6.50. The maximum absolute atomic E-state index is 10.4. The molecule has 0 radical (unpaired) electrons. The Morgan fingerprint density at radius 3 is 3.12 bits per heavy atom. The second-order valence-corrected chi connectivity index (χ2v) is 6.50. The van der Waals surface area contributed by atoms with Crippen molar-refractivity contribution in [3.8, 4) is 17.2 Å². The van der Waals surface area contributed by atoms with Gasteiger partial charge in [0.1, 0.15) is 18.5 Å². The van der Waals surface area contributed by atoms with Gasteiger partial charge in [0.2, 0.25) is 6.79 Å². The van der Waals surface area contributed by atoms with Gasteiger partial charge < -0.3 is 19.3 Å². The van der Waals surface area contributed by atoms with Crippen molar-refractivity contribution < 1.29 is 19.3 Å². The number of β-amino-alcohol motifs (C(OH)–C–C–N with tert-alkyl or cyclic N) is 1. The van der Waals surface area contributed by atoms with Crippen LogP contribution in [0.5, 0.6) is 17.2 Å². The lowest BCUT2D eigenvalue weighted by Crippen LogP contribution is -2.40. The summed E-state index contributed by atoms with van der Waals surface area (Å²) in [6.45, 7) is 2.98. The van der Waals surface area contributed by atoms with Gasteiger partial charge in [-0.1, -0.05) is 0 Å². The van der Waals surface area contributed by atoms with Crippen LogP contribution in [0.2, 0.25) is 0 Å². The number of hydrogen-bond acceptors (Lipinski definition) is 6. The minimum Gasteiger partial charge on any atom is -0.491 e. The molecule has 134 valence electrons.